The van der Waals surface area contributed by atoms with Crippen LogP contribution in [0.15, 0.2) is 12.1 Å². The van der Waals surface area contributed by atoms with Crippen LogP contribution in [0.5, 0.6) is 11.5 Å². The molecule has 1 fully saturated rings. The van der Waals surface area contributed by atoms with Crippen molar-refractivity contribution in [3.05, 3.63) is 23.5 Å². The number of hydrogen-bond acceptors (Lipinski definition) is 2. The van der Waals surface area contributed by atoms with E-state index in [0.29, 0.717) is 17.1 Å². The minimum Gasteiger partial charge on any atom is -0.493 e. The Morgan fingerprint density at radius 1 is 1.10 bits per heavy atom. The molecule has 1 aliphatic carbocycles. The summed E-state index contributed by atoms with van der Waals surface area (Å²) < 4.78 is 24.7. The second kappa shape index (κ2) is 6.21. The minimum atomic E-state index is -0.345. The maximum Gasteiger partial charge on any atom is 0.163 e. The summed E-state index contributed by atoms with van der Waals surface area (Å²) in [5.41, 5.74) is 0.453. The van der Waals surface area contributed by atoms with Crippen molar-refractivity contribution < 1.29 is 13.9 Å². The molecule has 1 saturated carbocycles. The van der Waals surface area contributed by atoms with Crippen molar-refractivity contribution in [2.75, 3.05) is 14.2 Å². The Kier molecular flexibility index (Phi) is 4.79. The van der Waals surface area contributed by atoms with Crippen LogP contribution in [0.1, 0.15) is 50.0 Å². The average molecular weight is 301 g/mol. The summed E-state index contributed by atoms with van der Waals surface area (Å²) in [6.07, 6.45) is 5.64. The van der Waals surface area contributed by atoms with Crippen LogP contribution in [0.3, 0.4) is 0 Å². The summed E-state index contributed by atoms with van der Waals surface area (Å²) in [6.45, 7) is 2.15. The van der Waals surface area contributed by atoms with Gasteiger partial charge in [-0.15, -0.1) is 11.6 Å². The fourth-order valence-electron chi connectivity index (χ4n) is 3.05. The fraction of sp³-hybridized carbons (Fsp3) is 0.625. The minimum absolute atomic E-state index is 0.0553. The van der Waals surface area contributed by atoms with Crippen molar-refractivity contribution in [3.63, 3.8) is 0 Å². The van der Waals surface area contributed by atoms with Crippen LogP contribution >= 0.6 is 11.6 Å². The Bertz CT molecular complexity index is 470. The quantitative estimate of drug-likeness (QED) is 0.721. The monoisotopic (exact) mass is 300 g/mol. The molecule has 0 heterocycles. The van der Waals surface area contributed by atoms with Gasteiger partial charge in [-0.3, -0.25) is 0 Å². The van der Waals surface area contributed by atoms with Crippen molar-refractivity contribution in [1.29, 1.82) is 0 Å². The zero-order valence-electron chi connectivity index (χ0n) is 12.3. The van der Waals surface area contributed by atoms with Gasteiger partial charge in [-0.05, 0) is 24.3 Å². The predicted octanol–water partition coefficient (Wildman–Crippen LogP) is 5.09. The van der Waals surface area contributed by atoms with E-state index in [4.69, 9.17) is 21.1 Å². The molecular weight excluding hydrogens is 279 g/mol. The highest BCUT2D eigenvalue weighted by Crippen LogP contribution is 2.50. The first-order valence-corrected chi connectivity index (χ1v) is 7.51. The van der Waals surface area contributed by atoms with Gasteiger partial charge in [0.05, 0.1) is 19.6 Å². The highest BCUT2D eigenvalue weighted by molar-refractivity contribution is 6.21. The van der Waals surface area contributed by atoms with E-state index in [-0.39, 0.29) is 16.6 Å². The van der Waals surface area contributed by atoms with Gasteiger partial charge in [-0.1, -0.05) is 26.2 Å². The summed E-state index contributed by atoms with van der Waals surface area (Å²) in [4.78, 5) is 0. The van der Waals surface area contributed by atoms with Crippen LogP contribution in [-0.4, -0.2) is 14.2 Å². The van der Waals surface area contributed by atoms with Gasteiger partial charge < -0.3 is 9.47 Å². The third kappa shape index (κ3) is 2.88. The van der Waals surface area contributed by atoms with Crippen LogP contribution < -0.4 is 9.47 Å². The Labute approximate surface area is 125 Å². The van der Waals surface area contributed by atoms with E-state index in [0.717, 1.165) is 25.7 Å². The largest absolute Gasteiger partial charge is 0.493 e. The highest BCUT2D eigenvalue weighted by Gasteiger charge is 2.37. The molecule has 0 saturated heterocycles. The van der Waals surface area contributed by atoms with Gasteiger partial charge in [0, 0.05) is 11.6 Å². The Hall–Kier alpha value is -0.960. The lowest BCUT2D eigenvalue weighted by molar-refractivity contribution is 0.204. The Morgan fingerprint density at radius 3 is 2.20 bits per heavy atom. The van der Waals surface area contributed by atoms with Gasteiger partial charge in [0.25, 0.3) is 0 Å². The first-order chi connectivity index (χ1) is 9.51. The number of alkyl halides is 1. The molecule has 0 aromatic heterocycles. The maximum absolute atomic E-state index is 14.3. The van der Waals surface area contributed by atoms with Gasteiger partial charge in [0.1, 0.15) is 5.82 Å². The van der Waals surface area contributed by atoms with Gasteiger partial charge in [-0.2, -0.15) is 0 Å². The number of benzene rings is 1. The maximum atomic E-state index is 14.3. The van der Waals surface area contributed by atoms with Gasteiger partial charge in [-0.25, -0.2) is 4.39 Å². The summed E-state index contributed by atoms with van der Waals surface area (Å²) in [5, 5.41) is -0.345. The number of halogens is 2. The van der Waals surface area contributed by atoms with Crippen molar-refractivity contribution in [1.82, 2.24) is 0 Å². The Morgan fingerprint density at radius 2 is 1.65 bits per heavy atom. The van der Waals surface area contributed by atoms with Gasteiger partial charge in [0.2, 0.25) is 0 Å². The number of ether oxygens (including phenoxy) is 2. The second-order valence-electron chi connectivity index (χ2n) is 5.81. The zero-order chi connectivity index (χ0) is 14.8. The van der Waals surface area contributed by atoms with Crippen LogP contribution in [0, 0.1) is 11.2 Å². The van der Waals surface area contributed by atoms with E-state index in [2.05, 4.69) is 6.92 Å². The van der Waals surface area contributed by atoms with Crippen molar-refractivity contribution in [2.45, 2.75) is 44.4 Å². The molecule has 20 heavy (non-hydrogen) atoms. The van der Waals surface area contributed by atoms with Gasteiger partial charge >= 0.3 is 0 Å². The third-order valence-electron chi connectivity index (χ3n) is 4.38. The lowest BCUT2D eigenvalue weighted by atomic mass is 9.71. The highest BCUT2D eigenvalue weighted by atomic mass is 35.5. The topological polar surface area (TPSA) is 18.5 Å². The Balaban J connectivity index is 2.36. The summed E-state index contributed by atoms with van der Waals surface area (Å²) in [6, 6.07) is 3.03. The first-order valence-electron chi connectivity index (χ1n) is 7.07. The molecule has 2 rings (SSSR count). The number of hydrogen-bond donors (Lipinski definition) is 0. The molecule has 112 valence electrons. The van der Waals surface area contributed by atoms with Crippen molar-refractivity contribution in [3.8, 4) is 11.5 Å². The summed E-state index contributed by atoms with van der Waals surface area (Å²) in [7, 11) is 3.04. The molecule has 0 bridgehead atoms. The predicted molar refractivity (Wildman–Crippen MR) is 79.3 cm³/mol. The van der Waals surface area contributed by atoms with Crippen LogP contribution in [0.4, 0.5) is 4.39 Å². The number of rotatable bonds is 4. The first kappa shape index (κ1) is 15.4. The standard InChI is InChI=1S/C16H22ClFO2/c1-16(7-5-4-6-8-16)15(17)11-9-13(19-2)14(20-3)10-12(11)18/h9-10,15H,4-8H2,1-3H3. The molecule has 1 aliphatic rings. The number of methoxy groups -OCH3 is 2. The third-order valence-corrected chi connectivity index (χ3v) is 5.15. The smallest absolute Gasteiger partial charge is 0.163 e. The molecule has 1 atom stereocenters. The molecule has 0 radical (unpaired) electrons. The lowest BCUT2D eigenvalue weighted by Gasteiger charge is -2.38. The average Bonchev–Trinajstić information content (AvgIpc) is 2.47. The summed E-state index contributed by atoms with van der Waals surface area (Å²) >= 11 is 6.62. The molecule has 4 heteroatoms. The second-order valence-corrected chi connectivity index (χ2v) is 6.24. The molecule has 1 aromatic carbocycles. The molecule has 0 aliphatic heterocycles. The van der Waals surface area contributed by atoms with E-state index < -0.39 is 0 Å². The van der Waals surface area contributed by atoms with E-state index >= 15 is 0 Å². The fourth-order valence-corrected chi connectivity index (χ4v) is 3.44. The van der Waals surface area contributed by atoms with Crippen LogP contribution in [-0.2, 0) is 0 Å². The molecule has 1 unspecified atom stereocenters. The molecular formula is C16H22ClFO2. The van der Waals surface area contributed by atoms with Crippen molar-refractivity contribution >= 4 is 11.6 Å². The van der Waals surface area contributed by atoms with Crippen molar-refractivity contribution in [2.24, 2.45) is 5.41 Å². The van der Waals surface area contributed by atoms with Crippen LogP contribution in [0.25, 0.3) is 0 Å². The van der Waals surface area contributed by atoms with E-state index in [9.17, 15) is 4.39 Å². The molecule has 0 N–H and O–H groups in total. The lowest BCUT2D eigenvalue weighted by Crippen LogP contribution is -2.26. The molecule has 1 aromatic rings. The molecule has 0 amide bonds. The van der Waals surface area contributed by atoms with E-state index in [1.165, 1.54) is 19.6 Å². The van der Waals surface area contributed by atoms with Gasteiger partial charge in [0.15, 0.2) is 11.5 Å². The zero-order valence-corrected chi connectivity index (χ0v) is 13.1. The van der Waals surface area contributed by atoms with Crippen LogP contribution in [0.2, 0.25) is 0 Å². The SMILES string of the molecule is COc1cc(F)c(C(Cl)C2(C)CCCCC2)cc1OC. The normalized spacial score (nSPS) is 19.4. The molecule has 0 spiro atoms. The summed E-state index contributed by atoms with van der Waals surface area (Å²) in [5.74, 6) is 0.592. The molecule has 2 nitrogen and oxygen atoms in total. The van der Waals surface area contributed by atoms with E-state index in [1.807, 2.05) is 0 Å². The van der Waals surface area contributed by atoms with E-state index in [1.54, 1.807) is 13.2 Å².